The molecule has 2 amide bonds. The molecule has 0 aliphatic heterocycles. The van der Waals surface area contributed by atoms with Crippen LogP contribution < -0.4 is 29.4 Å². The maximum Gasteiger partial charge on any atom is 0.332 e. The van der Waals surface area contributed by atoms with Gasteiger partial charge in [-0.3, -0.25) is 0 Å². The minimum absolute atomic E-state index is 0.000833. The average molecular weight is 839 g/mol. The minimum atomic E-state index is -3.75. The first-order valence-electron chi connectivity index (χ1n) is 18.5. The summed E-state index contributed by atoms with van der Waals surface area (Å²) in [6, 6.07) is 14.7. The van der Waals surface area contributed by atoms with Gasteiger partial charge in [0.1, 0.15) is 0 Å². The van der Waals surface area contributed by atoms with Crippen molar-refractivity contribution >= 4 is 31.8 Å². The molecule has 2 heterocycles. The van der Waals surface area contributed by atoms with Crippen LogP contribution in [0.15, 0.2) is 60.9 Å². The van der Waals surface area contributed by atoms with Gasteiger partial charge in [0.05, 0.1) is 31.4 Å². The Morgan fingerprint density at radius 1 is 0.759 bits per heavy atom. The molecule has 0 saturated carbocycles. The molecule has 0 unspecified atom stereocenters. The normalized spacial score (nSPS) is 12.7. The number of aryl methyl sites for hydroxylation is 2. The Balaban J connectivity index is 0.000000221. The molecular formula is C40H50N6O10S2. The van der Waals surface area contributed by atoms with E-state index in [0.717, 1.165) is 77.5 Å². The highest BCUT2D eigenvalue weighted by Crippen LogP contribution is 2.40. The number of methoxy groups -OCH3 is 4. The number of primary sulfonamides is 1. The summed E-state index contributed by atoms with van der Waals surface area (Å²) in [5.41, 5.74) is 8.71. The lowest BCUT2D eigenvalue weighted by Crippen LogP contribution is -2.36. The number of anilines is 1. The lowest BCUT2D eigenvalue weighted by molar-refractivity contribution is 0.199. The number of pyridine rings is 2. The molecule has 0 saturated heterocycles. The number of hydrogen-bond donors (Lipinski definition) is 3. The van der Waals surface area contributed by atoms with Crippen LogP contribution in [-0.4, -0.2) is 86.0 Å². The molecule has 0 radical (unpaired) electrons. The van der Waals surface area contributed by atoms with E-state index >= 15 is 0 Å². The van der Waals surface area contributed by atoms with Gasteiger partial charge in [-0.1, -0.05) is 24.3 Å². The lowest BCUT2D eigenvalue weighted by atomic mass is 9.98. The summed E-state index contributed by atoms with van der Waals surface area (Å²) in [7, 11) is -0.886. The SMILES string of the molecule is COCCCS(=O)(=O)NC(=O)Nc1c(-c2ccnc(OC)c2)ccc2c1CCC2.COCCCS(N)(=O)=O.COc1cc(-c2ccc3c(c2OC#N)CCC3)ccn1. The summed E-state index contributed by atoms with van der Waals surface area (Å²) in [6.45, 7) is 0.749. The molecule has 0 atom stereocenters. The molecule has 18 heteroatoms. The Labute approximate surface area is 340 Å². The van der Waals surface area contributed by atoms with Crippen LogP contribution >= 0.6 is 0 Å². The molecule has 58 heavy (non-hydrogen) atoms. The number of amides is 2. The predicted molar refractivity (Wildman–Crippen MR) is 220 cm³/mol. The number of nitrogens with two attached hydrogens (primary N) is 1. The molecule has 312 valence electrons. The van der Waals surface area contributed by atoms with Crippen molar-refractivity contribution in [1.29, 1.82) is 5.26 Å². The largest absolute Gasteiger partial charge is 0.481 e. The second-order valence-corrected chi connectivity index (χ2v) is 16.8. The Bertz CT molecular complexity index is 2280. The van der Waals surface area contributed by atoms with Crippen molar-refractivity contribution in [3.8, 4) is 46.0 Å². The minimum Gasteiger partial charge on any atom is -0.481 e. The molecule has 4 N–H and O–H groups in total. The maximum absolute atomic E-state index is 12.5. The summed E-state index contributed by atoms with van der Waals surface area (Å²) in [5, 5.41) is 16.4. The second kappa shape index (κ2) is 22.0. The third-order valence-electron chi connectivity index (χ3n) is 9.20. The summed E-state index contributed by atoms with van der Waals surface area (Å²) in [6.07, 6.45) is 11.8. The van der Waals surface area contributed by atoms with E-state index in [-0.39, 0.29) is 11.5 Å². The van der Waals surface area contributed by atoms with E-state index in [9.17, 15) is 21.6 Å². The fourth-order valence-corrected chi connectivity index (χ4v) is 8.03. The van der Waals surface area contributed by atoms with Crippen LogP contribution in [0.1, 0.15) is 47.9 Å². The van der Waals surface area contributed by atoms with E-state index in [0.29, 0.717) is 49.3 Å². The smallest absolute Gasteiger partial charge is 0.332 e. The van der Waals surface area contributed by atoms with Crippen molar-refractivity contribution in [3.05, 3.63) is 83.2 Å². The summed E-state index contributed by atoms with van der Waals surface area (Å²) in [4.78, 5) is 20.7. The Morgan fingerprint density at radius 2 is 1.29 bits per heavy atom. The Hall–Kier alpha value is -5.32. The van der Waals surface area contributed by atoms with Gasteiger partial charge in [-0.25, -0.2) is 41.5 Å². The molecule has 2 aromatic carbocycles. The quantitative estimate of drug-likeness (QED) is 0.104. The van der Waals surface area contributed by atoms with Crippen molar-refractivity contribution in [1.82, 2.24) is 14.7 Å². The number of benzene rings is 2. The molecular weight excluding hydrogens is 789 g/mol. The monoisotopic (exact) mass is 838 g/mol. The van der Waals surface area contributed by atoms with E-state index in [1.54, 1.807) is 31.8 Å². The number of nitrogens with zero attached hydrogens (tertiary/aromatic N) is 3. The van der Waals surface area contributed by atoms with Crippen LogP contribution in [0.4, 0.5) is 10.5 Å². The fourth-order valence-electron chi connectivity index (χ4n) is 6.58. The van der Waals surface area contributed by atoms with Crippen LogP contribution in [0.3, 0.4) is 0 Å². The number of rotatable bonds is 15. The van der Waals surface area contributed by atoms with Crippen molar-refractivity contribution in [2.45, 2.75) is 51.4 Å². The molecule has 0 fully saturated rings. The predicted octanol–water partition coefficient (Wildman–Crippen LogP) is 5.15. The Kier molecular flexibility index (Phi) is 17.2. The van der Waals surface area contributed by atoms with Crippen LogP contribution in [0.25, 0.3) is 22.3 Å². The van der Waals surface area contributed by atoms with Gasteiger partial charge in [0.2, 0.25) is 31.8 Å². The van der Waals surface area contributed by atoms with E-state index in [1.165, 1.54) is 26.9 Å². The van der Waals surface area contributed by atoms with Crippen LogP contribution in [-0.2, 0) is 55.2 Å². The number of carbonyl (C=O) groups is 1. The standard InChI is InChI=1S/C20H25N3O5S.C16H14N2O2.C4H11NO3S/c1-27-11-4-12-29(25,26)23-20(24)22-19-16-6-3-5-14(16)7-8-17(19)15-9-10-21-18(13-15)28-2;1-19-15-9-12(7-8-18-15)14-6-5-11-3-2-4-13(11)16(14)20-10-17;1-8-3-2-4-9(5,6)7/h7-10,13H,3-6,11-12H2,1-2H3,(H2,22,23,24);5-9H,2-4H2,1H3;2-4H2,1H3,(H2,5,6,7). The van der Waals surface area contributed by atoms with Crippen molar-refractivity contribution < 1.29 is 45.3 Å². The third-order valence-corrected chi connectivity index (χ3v) is 11.4. The fraction of sp³-hybridized carbons (Fsp3) is 0.400. The topological polar surface area (TPSA) is 231 Å². The zero-order valence-corrected chi connectivity index (χ0v) is 34.7. The second-order valence-electron chi connectivity index (χ2n) is 13.2. The van der Waals surface area contributed by atoms with E-state index < -0.39 is 26.1 Å². The molecule has 2 aliphatic rings. The van der Waals surface area contributed by atoms with Gasteiger partial charge in [0, 0.05) is 63.1 Å². The first kappa shape index (κ1) is 45.4. The van der Waals surface area contributed by atoms with Gasteiger partial charge in [0.15, 0.2) is 5.75 Å². The molecule has 2 aliphatic carbocycles. The number of aromatic nitrogens is 2. The number of ether oxygens (including phenoxy) is 5. The lowest BCUT2D eigenvalue weighted by Gasteiger charge is -2.17. The maximum atomic E-state index is 12.5. The number of hydrogen-bond acceptors (Lipinski definition) is 13. The molecule has 16 nitrogen and oxygen atoms in total. The van der Waals surface area contributed by atoms with E-state index in [1.807, 2.05) is 30.3 Å². The number of nitriles is 1. The van der Waals surface area contributed by atoms with Gasteiger partial charge >= 0.3 is 6.03 Å². The number of sulfonamides is 2. The average Bonchev–Trinajstić information content (AvgIpc) is 3.89. The van der Waals surface area contributed by atoms with E-state index in [2.05, 4.69) is 36.9 Å². The van der Waals surface area contributed by atoms with Crippen LogP contribution in [0.2, 0.25) is 0 Å². The summed E-state index contributed by atoms with van der Waals surface area (Å²) < 4.78 is 71.9. The molecule has 2 aromatic heterocycles. The number of fused-ring (bicyclic) bond motifs is 2. The third kappa shape index (κ3) is 13.4. The van der Waals surface area contributed by atoms with Gasteiger partial charge < -0.3 is 29.0 Å². The first-order valence-corrected chi connectivity index (χ1v) is 21.9. The zero-order chi connectivity index (χ0) is 42.1. The summed E-state index contributed by atoms with van der Waals surface area (Å²) in [5.74, 6) is 1.50. The van der Waals surface area contributed by atoms with Gasteiger partial charge in [0.25, 0.3) is 6.26 Å². The molecule has 0 spiro atoms. The highest BCUT2D eigenvalue weighted by atomic mass is 32.2. The van der Waals surface area contributed by atoms with Crippen LogP contribution in [0, 0.1) is 11.5 Å². The van der Waals surface area contributed by atoms with Gasteiger partial charge in [-0.15, -0.1) is 5.26 Å². The molecule has 4 aromatic rings. The van der Waals surface area contributed by atoms with Crippen molar-refractivity contribution in [2.24, 2.45) is 5.14 Å². The molecule has 6 rings (SSSR count). The zero-order valence-electron chi connectivity index (χ0n) is 33.1. The van der Waals surface area contributed by atoms with Gasteiger partial charge in [-0.05, 0) is 96.9 Å². The van der Waals surface area contributed by atoms with Crippen molar-refractivity contribution in [3.63, 3.8) is 0 Å². The van der Waals surface area contributed by atoms with Gasteiger partial charge in [-0.2, -0.15) is 0 Å². The van der Waals surface area contributed by atoms with E-state index in [4.69, 9.17) is 29.3 Å². The number of carbonyl (C=O) groups excluding carboxylic acids is 1. The van der Waals surface area contributed by atoms with Crippen LogP contribution in [0.5, 0.6) is 17.5 Å². The number of urea groups is 1. The number of nitrogens with one attached hydrogen (secondary N) is 2. The van der Waals surface area contributed by atoms with Crippen molar-refractivity contribution in [2.75, 3.05) is 58.5 Å². The Morgan fingerprint density at radius 3 is 1.84 bits per heavy atom. The first-order chi connectivity index (χ1) is 27.8. The summed E-state index contributed by atoms with van der Waals surface area (Å²) >= 11 is 0. The highest BCUT2D eigenvalue weighted by Gasteiger charge is 2.23. The highest BCUT2D eigenvalue weighted by molar-refractivity contribution is 7.90. The molecule has 0 bridgehead atoms.